The number of rotatable bonds is 4. The molecule has 0 N–H and O–H groups in total. The number of tetrazole rings is 1. The van der Waals surface area contributed by atoms with Gasteiger partial charge in [0.05, 0.1) is 12.5 Å². The maximum atomic E-state index is 12.4. The van der Waals surface area contributed by atoms with Crippen molar-refractivity contribution in [3.8, 4) is 0 Å². The molecule has 1 saturated heterocycles. The second-order valence-electron chi connectivity index (χ2n) is 7.03. The van der Waals surface area contributed by atoms with Gasteiger partial charge in [-0.15, -0.1) is 10.2 Å². The fourth-order valence-corrected chi connectivity index (χ4v) is 3.75. The quantitative estimate of drug-likeness (QED) is 0.825. The molecular weight excluding hydrogens is 322 g/mol. The molecule has 1 aliphatic carbocycles. The molecule has 25 heavy (non-hydrogen) atoms. The predicted octanol–water partition coefficient (Wildman–Crippen LogP) is 1.43. The van der Waals surface area contributed by atoms with E-state index in [4.69, 9.17) is 0 Å². The molecule has 0 radical (unpaired) electrons. The Labute approximate surface area is 145 Å². The van der Waals surface area contributed by atoms with Crippen molar-refractivity contribution < 1.29 is 9.42 Å². The van der Waals surface area contributed by atoms with Gasteiger partial charge in [-0.2, -0.15) is 4.80 Å². The number of amides is 1. The van der Waals surface area contributed by atoms with E-state index in [1.165, 1.54) is 25.7 Å². The van der Waals surface area contributed by atoms with Crippen molar-refractivity contribution in [1.82, 2.24) is 35.4 Å². The summed E-state index contributed by atoms with van der Waals surface area (Å²) < 4.78 is 4.66. The molecule has 2 aromatic heterocycles. The Bertz CT molecular complexity index is 726. The summed E-state index contributed by atoms with van der Waals surface area (Å²) in [5.74, 6) is 1.44. The zero-order chi connectivity index (χ0) is 17.2. The maximum Gasteiger partial charge on any atom is 0.228 e. The lowest BCUT2D eigenvalue weighted by Crippen LogP contribution is -2.40. The third kappa shape index (κ3) is 3.40. The second kappa shape index (κ2) is 6.89. The van der Waals surface area contributed by atoms with Crippen LogP contribution in [0, 0.1) is 6.92 Å². The van der Waals surface area contributed by atoms with Gasteiger partial charge in [-0.05, 0) is 37.8 Å². The van der Waals surface area contributed by atoms with E-state index in [1.807, 2.05) is 4.90 Å². The summed E-state index contributed by atoms with van der Waals surface area (Å²) in [4.78, 5) is 16.0. The van der Waals surface area contributed by atoms with Gasteiger partial charge in [0.15, 0.2) is 5.82 Å². The van der Waals surface area contributed by atoms with Crippen LogP contribution in [0.5, 0.6) is 0 Å². The highest BCUT2D eigenvalue weighted by Crippen LogP contribution is 2.32. The molecule has 2 aliphatic rings. The number of hydrogen-bond acceptors (Lipinski definition) is 7. The molecule has 0 atom stereocenters. The van der Waals surface area contributed by atoms with E-state index in [1.54, 1.807) is 11.7 Å². The smallest absolute Gasteiger partial charge is 0.228 e. The van der Waals surface area contributed by atoms with Crippen LogP contribution in [0.1, 0.15) is 67.7 Å². The van der Waals surface area contributed by atoms with Crippen LogP contribution in [0.3, 0.4) is 0 Å². The number of nitrogens with zero attached hydrogens (tertiary/aromatic N) is 7. The molecule has 134 valence electrons. The van der Waals surface area contributed by atoms with E-state index in [9.17, 15) is 4.79 Å². The Kier molecular flexibility index (Phi) is 4.46. The Morgan fingerprint density at radius 2 is 1.92 bits per heavy atom. The van der Waals surface area contributed by atoms with Crippen LogP contribution in [0.15, 0.2) is 4.63 Å². The van der Waals surface area contributed by atoms with Gasteiger partial charge < -0.3 is 4.90 Å². The van der Waals surface area contributed by atoms with Gasteiger partial charge in [0, 0.05) is 19.0 Å². The lowest BCUT2D eigenvalue weighted by molar-refractivity contribution is -0.131. The summed E-state index contributed by atoms with van der Waals surface area (Å²) in [7, 11) is 0. The van der Waals surface area contributed by atoms with Gasteiger partial charge in [-0.1, -0.05) is 23.2 Å². The summed E-state index contributed by atoms with van der Waals surface area (Å²) in [6, 6.07) is 0.224. The topological polar surface area (TPSA) is 103 Å². The lowest BCUT2D eigenvalue weighted by Gasteiger charge is -2.31. The molecule has 0 spiro atoms. The largest absolute Gasteiger partial charge is 0.342 e. The lowest BCUT2D eigenvalue weighted by atomic mass is 10.0. The monoisotopic (exact) mass is 345 g/mol. The van der Waals surface area contributed by atoms with E-state index in [0.29, 0.717) is 30.4 Å². The molecule has 0 unspecified atom stereocenters. The van der Waals surface area contributed by atoms with Crippen molar-refractivity contribution in [1.29, 1.82) is 0 Å². The van der Waals surface area contributed by atoms with Gasteiger partial charge in [-0.25, -0.2) is 4.63 Å². The number of carbonyl (C=O) groups excluding carboxylic acids is 1. The number of carbonyl (C=O) groups is 1. The first-order chi connectivity index (χ1) is 12.2. The number of piperidine rings is 1. The summed E-state index contributed by atoms with van der Waals surface area (Å²) >= 11 is 0. The van der Waals surface area contributed by atoms with Gasteiger partial charge in [-0.3, -0.25) is 4.79 Å². The molecule has 4 rings (SSSR count). The van der Waals surface area contributed by atoms with E-state index in [2.05, 4.69) is 30.4 Å². The number of aromatic nitrogens is 6. The molecule has 0 aromatic carbocycles. The molecule has 9 heteroatoms. The molecule has 0 bridgehead atoms. The second-order valence-corrected chi connectivity index (χ2v) is 7.03. The molecule has 3 heterocycles. The molecule has 2 fully saturated rings. The zero-order valence-electron chi connectivity index (χ0n) is 14.5. The summed E-state index contributed by atoms with van der Waals surface area (Å²) in [6.07, 6.45) is 6.82. The van der Waals surface area contributed by atoms with Gasteiger partial charge in [0.25, 0.3) is 0 Å². The third-order valence-electron chi connectivity index (χ3n) is 5.37. The number of hydrogen-bond donors (Lipinski definition) is 0. The van der Waals surface area contributed by atoms with Crippen LogP contribution in [0.25, 0.3) is 0 Å². The average Bonchev–Trinajstić information content (AvgIpc) is 3.37. The van der Waals surface area contributed by atoms with Gasteiger partial charge >= 0.3 is 0 Å². The summed E-state index contributed by atoms with van der Waals surface area (Å²) in [5, 5.41) is 20.7. The van der Waals surface area contributed by atoms with Crippen molar-refractivity contribution in [2.24, 2.45) is 0 Å². The standard InChI is InChI=1S/C16H23N7O2/c1-11-14(20-25-19-11)10-15(24)22-8-6-13(7-9-22)23-18-16(17-21-23)12-4-2-3-5-12/h12-13H,2-10H2,1H3. The van der Waals surface area contributed by atoms with Crippen molar-refractivity contribution >= 4 is 5.91 Å². The van der Waals surface area contributed by atoms with Crippen LogP contribution in [0.2, 0.25) is 0 Å². The van der Waals surface area contributed by atoms with E-state index >= 15 is 0 Å². The molecule has 9 nitrogen and oxygen atoms in total. The number of likely N-dealkylation sites (tertiary alicyclic amines) is 1. The first kappa shape index (κ1) is 16.2. The van der Waals surface area contributed by atoms with E-state index in [0.717, 1.165) is 18.7 Å². The molecule has 1 aliphatic heterocycles. The van der Waals surface area contributed by atoms with Crippen LogP contribution in [-0.4, -0.2) is 54.4 Å². The highest BCUT2D eigenvalue weighted by molar-refractivity contribution is 5.78. The summed E-state index contributed by atoms with van der Waals surface area (Å²) in [5.41, 5.74) is 1.29. The number of aryl methyl sites for hydroxylation is 1. The molecule has 1 amide bonds. The van der Waals surface area contributed by atoms with Crippen LogP contribution in [-0.2, 0) is 11.2 Å². The Balaban J connectivity index is 1.32. The minimum absolute atomic E-state index is 0.0652. The first-order valence-corrected chi connectivity index (χ1v) is 9.06. The normalized spacial score (nSPS) is 19.6. The Hall–Kier alpha value is -2.32. The van der Waals surface area contributed by atoms with Gasteiger partial charge in [0.2, 0.25) is 5.91 Å². The average molecular weight is 345 g/mol. The Morgan fingerprint density at radius 3 is 2.60 bits per heavy atom. The summed E-state index contributed by atoms with van der Waals surface area (Å²) in [6.45, 7) is 3.20. The van der Waals surface area contributed by atoms with Crippen molar-refractivity contribution in [2.75, 3.05) is 13.1 Å². The Morgan fingerprint density at radius 1 is 1.16 bits per heavy atom. The minimum atomic E-state index is 0.0652. The molecule has 2 aromatic rings. The van der Waals surface area contributed by atoms with Crippen LogP contribution in [0.4, 0.5) is 0 Å². The predicted molar refractivity (Wildman–Crippen MR) is 86.6 cm³/mol. The highest BCUT2D eigenvalue weighted by Gasteiger charge is 2.28. The fraction of sp³-hybridized carbons (Fsp3) is 0.750. The van der Waals surface area contributed by atoms with Gasteiger partial charge in [0.1, 0.15) is 11.4 Å². The highest BCUT2D eigenvalue weighted by atomic mass is 16.6. The molecular formula is C16H23N7O2. The first-order valence-electron chi connectivity index (χ1n) is 9.06. The fourth-order valence-electron chi connectivity index (χ4n) is 3.75. The maximum absolute atomic E-state index is 12.4. The van der Waals surface area contributed by atoms with Crippen molar-refractivity contribution in [2.45, 2.75) is 63.8 Å². The van der Waals surface area contributed by atoms with Crippen LogP contribution >= 0.6 is 0 Å². The SMILES string of the molecule is Cc1nonc1CC(=O)N1CCC(n2nnc(C3CCCC3)n2)CC1. The molecule has 1 saturated carbocycles. The minimum Gasteiger partial charge on any atom is -0.342 e. The third-order valence-corrected chi connectivity index (χ3v) is 5.37. The van der Waals surface area contributed by atoms with Crippen molar-refractivity contribution in [3.63, 3.8) is 0 Å². The zero-order valence-corrected chi connectivity index (χ0v) is 14.5. The van der Waals surface area contributed by atoms with E-state index in [-0.39, 0.29) is 18.4 Å². The van der Waals surface area contributed by atoms with Crippen molar-refractivity contribution in [3.05, 3.63) is 17.2 Å². The van der Waals surface area contributed by atoms with E-state index < -0.39 is 0 Å². The van der Waals surface area contributed by atoms with Crippen LogP contribution < -0.4 is 0 Å².